The summed E-state index contributed by atoms with van der Waals surface area (Å²) in [5, 5.41) is 0. The summed E-state index contributed by atoms with van der Waals surface area (Å²) in [5.74, 6) is -1.35. The summed E-state index contributed by atoms with van der Waals surface area (Å²) in [6.45, 7) is 6.30. The van der Waals surface area contributed by atoms with Crippen molar-refractivity contribution in [2.75, 3.05) is 0 Å². The van der Waals surface area contributed by atoms with Gasteiger partial charge in [-0.2, -0.15) is 17.6 Å². The zero-order valence-corrected chi connectivity index (χ0v) is 11.1. The summed E-state index contributed by atoms with van der Waals surface area (Å²) in [4.78, 5) is 3.56. The van der Waals surface area contributed by atoms with Gasteiger partial charge in [0, 0.05) is 6.92 Å². The molecule has 0 N–H and O–H groups in total. The summed E-state index contributed by atoms with van der Waals surface area (Å²) >= 11 is 0. The van der Waals surface area contributed by atoms with E-state index in [1.807, 2.05) is 0 Å². The number of hydrogen-bond acceptors (Lipinski definition) is 3. The van der Waals surface area contributed by atoms with Crippen LogP contribution in [0.5, 0.6) is 0 Å². The summed E-state index contributed by atoms with van der Waals surface area (Å²) < 4.78 is 56.6. The van der Waals surface area contributed by atoms with Crippen LogP contribution in [0.4, 0.5) is 13.2 Å². The summed E-state index contributed by atoms with van der Waals surface area (Å²) in [7, 11) is -1.64. The zero-order valence-electron chi connectivity index (χ0n) is 10.3. The average Bonchev–Trinajstić information content (AvgIpc) is 2.54. The van der Waals surface area contributed by atoms with E-state index in [0.29, 0.717) is 0 Å². The fourth-order valence-electron chi connectivity index (χ4n) is 0.990. The van der Waals surface area contributed by atoms with E-state index in [0.717, 1.165) is 6.21 Å². The first-order valence-electron chi connectivity index (χ1n) is 5.02. The fourth-order valence-corrected chi connectivity index (χ4v) is 1.50. The highest BCUT2D eigenvalue weighted by molar-refractivity contribution is 7.85. The molecule has 0 fully saturated rings. The summed E-state index contributed by atoms with van der Waals surface area (Å²) in [6.07, 6.45) is -3.81. The third-order valence-corrected chi connectivity index (χ3v) is 3.16. The van der Waals surface area contributed by atoms with Gasteiger partial charge >= 0.3 is 6.18 Å². The number of oxazole rings is 1. The number of aryl methyl sites for hydroxylation is 1. The molecule has 1 unspecified atom stereocenters. The van der Waals surface area contributed by atoms with Gasteiger partial charge in [-0.05, 0) is 20.8 Å². The number of aromatic nitrogens is 1. The van der Waals surface area contributed by atoms with Gasteiger partial charge in [0.05, 0.1) is 11.0 Å². The van der Waals surface area contributed by atoms with Crippen LogP contribution in [0.15, 0.2) is 8.81 Å². The van der Waals surface area contributed by atoms with Gasteiger partial charge in [0.1, 0.15) is 16.7 Å². The van der Waals surface area contributed by atoms with Crippen molar-refractivity contribution in [1.29, 1.82) is 0 Å². The van der Waals surface area contributed by atoms with Gasteiger partial charge in [-0.3, -0.25) is 0 Å². The van der Waals surface area contributed by atoms with Gasteiger partial charge in [0.15, 0.2) is 5.89 Å². The van der Waals surface area contributed by atoms with Crippen molar-refractivity contribution in [2.24, 2.45) is 4.40 Å². The minimum atomic E-state index is -4.65. The first kappa shape index (κ1) is 14.9. The van der Waals surface area contributed by atoms with Gasteiger partial charge in [0.25, 0.3) is 0 Å². The normalized spacial score (nSPS) is 15.3. The van der Waals surface area contributed by atoms with Crippen molar-refractivity contribution in [1.82, 2.24) is 4.98 Å². The molecule has 0 saturated heterocycles. The SMILES string of the molecule is Cc1nc(/C=N/S(=O)C(C)(C)C)c(C(F)(F)F)o1. The summed E-state index contributed by atoms with van der Waals surface area (Å²) in [5.41, 5.74) is -0.461. The Morgan fingerprint density at radius 3 is 2.33 bits per heavy atom. The number of halogens is 3. The molecule has 102 valence electrons. The molecule has 0 saturated carbocycles. The lowest BCUT2D eigenvalue weighted by atomic mass is 10.3. The van der Waals surface area contributed by atoms with Crippen LogP contribution in [-0.2, 0) is 17.2 Å². The Bertz CT molecular complexity index is 486. The molecular weight excluding hydrogens is 269 g/mol. The maximum absolute atomic E-state index is 12.5. The molecule has 0 aliphatic carbocycles. The zero-order chi connectivity index (χ0) is 14.1. The lowest BCUT2D eigenvalue weighted by Gasteiger charge is -2.12. The Balaban J connectivity index is 3.06. The van der Waals surface area contributed by atoms with Crippen molar-refractivity contribution in [3.8, 4) is 0 Å². The molecule has 8 heteroatoms. The molecule has 18 heavy (non-hydrogen) atoms. The predicted molar refractivity (Wildman–Crippen MR) is 61.7 cm³/mol. The largest absolute Gasteiger partial charge is 0.451 e. The van der Waals surface area contributed by atoms with Crippen LogP contribution in [0.1, 0.15) is 38.1 Å². The number of alkyl halides is 3. The molecule has 0 aliphatic heterocycles. The van der Waals surface area contributed by atoms with Crippen LogP contribution in [0.2, 0.25) is 0 Å². The molecule has 0 spiro atoms. The van der Waals surface area contributed by atoms with E-state index >= 15 is 0 Å². The van der Waals surface area contributed by atoms with Crippen molar-refractivity contribution < 1.29 is 21.8 Å². The van der Waals surface area contributed by atoms with Crippen LogP contribution >= 0.6 is 0 Å². The quantitative estimate of drug-likeness (QED) is 0.784. The van der Waals surface area contributed by atoms with E-state index in [1.54, 1.807) is 20.8 Å². The fraction of sp³-hybridized carbons (Fsp3) is 0.600. The molecule has 1 aromatic rings. The molecule has 1 rings (SSSR count). The van der Waals surface area contributed by atoms with Gasteiger partial charge < -0.3 is 4.42 Å². The lowest BCUT2D eigenvalue weighted by molar-refractivity contribution is -0.153. The van der Waals surface area contributed by atoms with E-state index in [1.165, 1.54) is 6.92 Å². The number of rotatable bonds is 2. The molecule has 0 aliphatic rings. The Morgan fingerprint density at radius 1 is 1.33 bits per heavy atom. The highest BCUT2D eigenvalue weighted by Crippen LogP contribution is 2.32. The molecule has 0 bridgehead atoms. The molecular formula is C10H13F3N2O2S. The topological polar surface area (TPSA) is 55.5 Å². The highest BCUT2D eigenvalue weighted by Gasteiger charge is 2.38. The maximum atomic E-state index is 12.5. The lowest BCUT2D eigenvalue weighted by Crippen LogP contribution is -2.19. The van der Waals surface area contributed by atoms with Crippen molar-refractivity contribution in [2.45, 2.75) is 38.6 Å². The molecule has 1 atom stereocenters. The van der Waals surface area contributed by atoms with Crippen LogP contribution in [0, 0.1) is 6.92 Å². The predicted octanol–water partition coefficient (Wildman–Crippen LogP) is 2.88. The monoisotopic (exact) mass is 282 g/mol. The summed E-state index contributed by atoms with van der Waals surface area (Å²) in [6, 6.07) is 0. The van der Waals surface area contributed by atoms with Gasteiger partial charge in [-0.25, -0.2) is 9.19 Å². The van der Waals surface area contributed by atoms with Crippen molar-refractivity contribution in [3.63, 3.8) is 0 Å². The standard InChI is InChI=1S/C10H13F3N2O2S/c1-6-15-7(8(17-6)10(11,12)13)5-14-18(16)9(2,3)4/h5H,1-4H3/b14-5+. The Kier molecular flexibility index (Phi) is 3.99. The van der Waals surface area contributed by atoms with Gasteiger partial charge in [-0.1, -0.05) is 0 Å². The smallest absolute Gasteiger partial charge is 0.436 e. The Hall–Kier alpha value is -1.18. The third-order valence-electron chi connectivity index (χ3n) is 1.81. The molecule has 1 aromatic heterocycles. The third kappa shape index (κ3) is 3.66. The first-order valence-corrected chi connectivity index (χ1v) is 6.13. The molecule has 0 radical (unpaired) electrons. The first-order chi connectivity index (χ1) is 8.01. The molecule has 0 amide bonds. The average molecular weight is 282 g/mol. The number of hydrogen-bond donors (Lipinski definition) is 0. The minimum Gasteiger partial charge on any atom is -0.436 e. The second-order valence-corrected chi connectivity index (χ2v) is 6.47. The Morgan fingerprint density at radius 2 is 1.89 bits per heavy atom. The van der Waals surface area contributed by atoms with E-state index in [4.69, 9.17) is 0 Å². The van der Waals surface area contributed by atoms with Crippen LogP contribution < -0.4 is 0 Å². The second-order valence-electron chi connectivity index (χ2n) is 4.54. The van der Waals surface area contributed by atoms with Gasteiger partial charge in [-0.15, -0.1) is 0 Å². The molecule has 4 nitrogen and oxygen atoms in total. The minimum absolute atomic E-state index is 0.120. The van der Waals surface area contributed by atoms with Crippen LogP contribution in [0.25, 0.3) is 0 Å². The van der Waals surface area contributed by atoms with Crippen LogP contribution in [0.3, 0.4) is 0 Å². The van der Waals surface area contributed by atoms with Crippen molar-refractivity contribution >= 4 is 17.2 Å². The van der Waals surface area contributed by atoms with E-state index < -0.39 is 33.4 Å². The van der Waals surface area contributed by atoms with E-state index in [2.05, 4.69) is 13.8 Å². The number of nitrogens with zero attached hydrogens (tertiary/aromatic N) is 2. The molecule has 1 heterocycles. The van der Waals surface area contributed by atoms with Gasteiger partial charge in [0.2, 0.25) is 5.76 Å². The molecule has 0 aromatic carbocycles. The van der Waals surface area contributed by atoms with Crippen molar-refractivity contribution in [3.05, 3.63) is 17.3 Å². The van der Waals surface area contributed by atoms with Crippen LogP contribution in [-0.4, -0.2) is 20.2 Å². The van der Waals surface area contributed by atoms with E-state index in [9.17, 15) is 17.4 Å². The second kappa shape index (κ2) is 4.83. The van der Waals surface area contributed by atoms with E-state index in [-0.39, 0.29) is 5.89 Å². The maximum Gasteiger partial charge on any atom is 0.451 e. The highest BCUT2D eigenvalue weighted by atomic mass is 32.2. The Labute approximate surface area is 105 Å².